The molecule has 0 atom stereocenters. The first-order valence-electron chi connectivity index (χ1n) is 10.0. The van der Waals surface area contributed by atoms with Crippen molar-refractivity contribution < 1.29 is 22.0 Å². The molecular formula is C20H28F2N2O3S. The average molecular weight is 415 g/mol. The van der Waals surface area contributed by atoms with Crippen molar-refractivity contribution in [3.05, 3.63) is 29.8 Å². The number of benzene rings is 1. The fraction of sp³-hybridized carbons (Fsp3) is 0.650. The molecule has 1 aromatic carbocycles. The Kier molecular flexibility index (Phi) is 6.70. The Morgan fingerprint density at radius 3 is 2.14 bits per heavy atom. The van der Waals surface area contributed by atoms with E-state index in [9.17, 15) is 22.0 Å². The summed E-state index contributed by atoms with van der Waals surface area (Å²) in [6.45, 7) is 2.69. The number of piperidine rings is 1. The number of sulfone groups is 1. The Bertz CT molecular complexity index is 769. The molecule has 1 aromatic rings. The Hall–Kier alpha value is -1.54. The maximum atomic E-state index is 12.6. The highest BCUT2D eigenvalue weighted by molar-refractivity contribution is 7.91. The summed E-state index contributed by atoms with van der Waals surface area (Å²) in [5, 5.41) is 3.01. The molecule has 1 aliphatic heterocycles. The molecule has 2 aliphatic rings. The highest BCUT2D eigenvalue weighted by atomic mass is 32.2. The van der Waals surface area contributed by atoms with Crippen LogP contribution in [0.1, 0.15) is 61.7 Å². The minimum Gasteiger partial charge on any atom is -0.350 e. The lowest BCUT2D eigenvalue weighted by atomic mass is 9.79. The lowest BCUT2D eigenvalue weighted by molar-refractivity contribution is 0.0326. The minimum atomic E-state index is -4.64. The number of hydrogen-bond donors (Lipinski definition) is 1. The van der Waals surface area contributed by atoms with Gasteiger partial charge in [-0.1, -0.05) is 25.7 Å². The summed E-state index contributed by atoms with van der Waals surface area (Å²) in [4.78, 5) is 14.6. The molecule has 1 amide bonds. The van der Waals surface area contributed by atoms with Crippen LogP contribution in [0.25, 0.3) is 0 Å². The lowest BCUT2D eigenvalue weighted by Gasteiger charge is -2.48. The van der Waals surface area contributed by atoms with Gasteiger partial charge in [0, 0.05) is 17.6 Å². The van der Waals surface area contributed by atoms with Gasteiger partial charge in [-0.3, -0.25) is 9.69 Å². The number of halogens is 2. The fourth-order valence-electron chi connectivity index (χ4n) is 4.43. The topological polar surface area (TPSA) is 66.5 Å². The predicted molar refractivity (Wildman–Crippen MR) is 103 cm³/mol. The van der Waals surface area contributed by atoms with Gasteiger partial charge in [0.1, 0.15) is 0 Å². The van der Waals surface area contributed by atoms with Crippen LogP contribution in [0, 0.1) is 0 Å². The molecule has 0 unspecified atom stereocenters. The predicted octanol–water partition coefficient (Wildman–Crippen LogP) is 3.60. The van der Waals surface area contributed by atoms with Gasteiger partial charge in [-0.2, -0.15) is 8.78 Å². The molecular weight excluding hydrogens is 386 g/mol. The fourth-order valence-corrected chi connectivity index (χ4v) is 5.15. The van der Waals surface area contributed by atoms with Crippen LogP contribution in [-0.2, 0) is 9.84 Å². The maximum absolute atomic E-state index is 12.6. The third-order valence-corrected chi connectivity index (χ3v) is 7.47. The first-order valence-corrected chi connectivity index (χ1v) is 11.6. The Morgan fingerprint density at radius 2 is 1.57 bits per heavy atom. The van der Waals surface area contributed by atoms with Crippen molar-refractivity contribution in [2.24, 2.45) is 0 Å². The van der Waals surface area contributed by atoms with Crippen molar-refractivity contribution in [2.45, 2.75) is 67.6 Å². The summed E-state index contributed by atoms with van der Waals surface area (Å²) in [6.07, 6.45) is 9.32. The summed E-state index contributed by atoms with van der Waals surface area (Å²) in [5.74, 6) is -3.77. The molecule has 3 rings (SSSR count). The Labute approximate surface area is 165 Å². The molecule has 0 spiro atoms. The van der Waals surface area contributed by atoms with Gasteiger partial charge in [0.2, 0.25) is 9.84 Å². The zero-order chi connectivity index (χ0) is 20.2. The third-order valence-electron chi connectivity index (χ3n) is 6.07. The van der Waals surface area contributed by atoms with E-state index in [1.54, 1.807) is 0 Å². The van der Waals surface area contributed by atoms with Crippen LogP contribution in [0.4, 0.5) is 8.78 Å². The third kappa shape index (κ3) is 4.54. The van der Waals surface area contributed by atoms with Gasteiger partial charge in [0.05, 0.1) is 4.90 Å². The van der Waals surface area contributed by atoms with Gasteiger partial charge in [-0.15, -0.1) is 0 Å². The maximum Gasteiger partial charge on any atom is 0.341 e. The van der Waals surface area contributed by atoms with Crippen LogP contribution in [0.3, 0.4) is 0 Å². The van der Waals surface area contributed by atoms with Gasteiger partial charge < -0.3 is 5.32 Å². The van der Waals surface area contributed by atoms with E-state index < -0.39 is 20.5 Å². The van der Waals surface area contributed by atoms with Crippen LogP contribution in [0.5, 0.6) is 0 Å². The number of nitrogens with one attached hydrogen (secondary N) is 1. The minimum absolute atomic E-state index is 0.00666. The van der Waals surface area contributed by atoms with Crippen LogP contribution >= 0.6 is 0 Å². The number of amides is 1. The average Bonchev–Trinajstić information content (AvgIpc) is 2.73. The summed E-state index contributed by atoms with van der Waals surface area (Å²) in [6, 6.07) is 4.72. The van der Waals surface area contributed by atoms with Crippen LogP contribution in [0.2, 0.25) is 0 Å². The molecule has 28 heavy (non-hydrogen) atoms. The van der Waals surface area contributed by atoms with E-state index in [0.717, 1.165) is 50.9 Å². The van der Waals surface area contributed by atoms with E-state index >= 15 is 0 Å². The molecule has 8 heteroatoms. The molecule has 0 aromatic heterocycles. The van der Waals surface area contributed by atoms with E-state index in [4.69, 9.17) is 0 Å². The van der Waals surface area contributed by atoms with E-state index in [0.29, 0.717) is 6.54 Å². The summed E-state index contributed by atoms with van der Waals surface area (Å²) >= 11 is 0. The molecule has 1 aliphatic carbocycles. The van der Waals surface area contributed by atoms with Gasteiger partial charge in [0.15, 0.2) is 0 Å². The van der Waals surface area contributed by atoms with Crippen LogP contribution in [0.15, 0.2) is 29.2 Å². The number of carbonyl (C=O) groups excluding carboxylic acids is 1. The number of hydrogen-bond acceptors (Lipinski definition) is 4. The zero-order valence-corrected chi connectivity index (χ0v) is 16.8. The van der Waals surface area contributed by atoms with Crippen molar-refractivity contribution in [3.63, 3.8) is 0 Å². The highest BCUT2D eigenvalue weighted by Gasteiger charge is 2.38. The lowest BCUT2D eigenvalue weighted by Crippen LogP contribution is -2.58. The first kappa shape index (κ1) is 21.2. The van der Waals surface area contributed by atoms with Gasteiger partial charge in [-0.25, -0.2) is 8.42 Å². The monoisotopic (exact) mass is 414 g/mol. The molecule has 1 heterocycles. The molecule has 0 radical (unpaired) electrons. The molecule has 2 fully saturated rings. The van der Waals surface area contributed by atoms with Gasteiger partial charge >= 0.3 is 5.76 Å². The van der Waals surface area contributed by atoms with Crippen molar-refractivity contribution in [2.75, 3.05) is 19.6 Å². The molecule has 5 nitrogen and oxygen atoms in total. The van der Waals surface area contributed by atoms with Crippen molar-refractivity contribution >= 4 is 15.7 Å². The molecule has 1 N–H and O–H groups in total. The number of alkyl halides is 2. The normalized spacial score (nSPS) is 20.8. The number of likely N-dealkylation sites (tertiary alicyclic amines) is 1. The first-order chi connectivity index (χ1) is 13.3. The molecule has 1 saturated carbocycles. The van der Waals surface area contributed by atoms with E-state index in [-0.39, 0.29) is 17.0 Å². The van der Waals surface area contributed by atoms with E-state index in [1.165, 1.54) is 37.8 Å². The number of nitrogens with zero attached hydrogens (tertiary/aromatic N) is 1. The van der Waals surface area contributed by atoms with Gasteiger partial charge in [0.25, 0.3) is 5.91 Å². The van der Waals surface area contributed by atoms with E-state index in [1.807, 2.05) is 0 Å². The largest absolute Gasteiger partial charge is 0.350 e. The second-order valence-electron chi connectivity index (χ2n) is 7.85. The van der Waals surface area contributed by atoms with Crippen LogP contribution < -0.4 is 5.32 Å². The molecule has 0 bridgehead atoms. The molecule has 156 valence electrons. The highest BCUT2D eigenvalue weighted by Crippen LogP contribution is 2.35. The standard InChI is InChI=1S/C20H28F2N2O3S/c21-19(22)28(26,27)17-9-7-16(8-10-17)18(25)23-15-20(11-3-1-4-12-20)24-13-5-2-6-14-24/h7-10,19H,1-6,11-15H2,(H,23,25). The number of carbonyl (C=O) groups is 1. The summed E-state index contributed by atoms with van der Waals surface area (Å²) in [7, 11) is -4.64. The zero-order valence-electron chi connectivity index (χ0n) is 16.0. The Morgan fingerprint density at radius 1 is 1.00 bits per heavy atom. The summed E-state index contributed by atoms with van der Waals surface area (Å²) in [5.41, 5.74) is 0.269. The second kappa shape index (κ2) is 8.86. The SMILES string of the molecule is O=C(NCC1(N2CCCCC2)CCCCC1)c1ccc(S(=O)(=O)C(F)F)cc1. The van der Waals surface area contributed by atoms with Crippen molar-refractivity contribution in [3.8, 4) is 0 Å². The second-order valence-corrected chi connectivity index (χ2v) is 9.76. The van der Waals surface area contributed by atoms with Crippen LogP contribution in [-0.4, -0.2) is 50.2 Å². The van der Waals surface area contributed by atoms with Gasteiger partial charge in [-0.05, 0) is 63.0 Å². The van der Waals surface area contributed by atoms with Crippen molar-refractivity contribution in [1.29, 1.82) is 0 Å². The summed E-state index contributed by atoms with van der Waals surface area (Å²) < 4.78 is 48.3. The van der Waals surface area contributed by atoms with Crippen molar-refractivity contribution in [1.82, 2.24) is 10.2 Å². The number of rotatable bonds is 6. The Balaban J connectivity index is 1.67. The van der Waals surface area contributed by atoms with E-state index in [2.05, 4.69) is 10.2 Å². The quantitative estimate of drug-likeness (QED) is 0.772. The smallest absolute Gasteiger partial charge is 0.341 e. The molecule has 1 saturated heterocycles.